The number of hydrogen-bond acceptors (Lipinski definition) is 4. The molecule has 1 aromatic rings. The molecule has 2 N–H and O–H groups in total. The van der Waals surface area contributed by atoms with Crippen LogP contribution in [0.5, 0.6) is 5.75 Å². The molecule has 1 heterocycles. The van der Waals surface area contributed by atoms with E-state index in [0.29, 0.717) is 6.61 Å². The second-order valence-corrected chi connectivity index (χ2v) is 5.98. The van der Waals surface area contributed by atoms with Crippen LogP contribution < -0.4 is 10.5 Å². The number of nitrogens with zero attached hydrogens (tertiary/aromatic N) is 2. The second-order valence-electron chi connectivity index (χ2n) is 5.98. The zero-order valence-corrected chi connectivity index (χ0v) is 16.0. The van der Waals surface area contributed by atoms with Crippen molar-refractivity contribution >= 4 is 30.7 Å². The standard InChI is InChI=1S/C17H27N3O2.2ClH/c1-14(15(2)18)17(21)20-10-8-19(9-11-20)12-13-22-16-6-4-3-5-7-16;;/h3-7,14-15H,8-13,18H2,1-2H3;2*1H. The van der Waals surface area contributed by atoms with Crippen LogP contribution in [0.2, 0.25) is 0 Å². The number of para-hydroxylation sites is 1. The fourth-order valence-corrected chi connectivity index (χ4v) is 2.51. The molecule has 0 aliphatic carbocycles. The van der Waals surface area contributed by atoms with Gasteiger partial charge in [0.2, 0.25) is 5.91 Å². The third kappa shape index (κ3) is 6.85. The second kappa shape index (κ2) is 11.5. The van der Waals surface area contributed by atoms with Crippen LogP contribution in [0.4, 0.5) is 0 Å². The highest BCUT2D eigenvalue weighted by molar-refractivity contribution is 5.85. The van der Waals surface area contributed by atoms with E-state index in [0.717, 1.165) is 38.5 Å². The molecule has 0 spiro atoms. The molecular formula is C17H29Cl2N3O2. The minimum atomic E-state index is -0.104. The molecule has 0 saturated carbocycles. The lowest BCUT2D eigenvalue weighted by Gasteiger charge is -2.36. The maximum atomic E-state index is 12.2. The summed E-state index contributed by atoms with van der Waals surface area (Å²) < 4.78 is 5.71. The van der Waals surface area contributed by atoms with Crippen LogP contribution in [0.15, 0.2) is 30.3 Å². The number of carbonyl (C=O) groups is 1. The van der Waals surface area contributed by atoms with Gasteiger partial charge in [0.1, 0.15) is 12.4 Å². The van der Waals surface area contributed by atoms with E-state index < -0.39 is 0 Å². The van der Waals surface area contributed by atoms with Gasteiger partial charge in [-0.3, -0.25) is 9.69 Å². The molecule has 5 nitrogen and oxygen atoms in total. The molecule has 0 aromatic heterocycles. The van der Waals surface area contributed by atoms with E-state index in [4.69, 9.17) is 10.5 Å². The van der Waals surface area contributed by atoms with Crippen LogP contribution >= 0.6 is 24.8 Å². The van der Waals surface area contributed by atoms with Crippen molar-refractivity contribution in [2.75, 3.05) is 39.3 Å². The van der Waals surface area contributed by atoms with E-state index in [9.17, 15) is 4.79 Å². The molecule has 1 aliphatic heterocycles. The van der Waals surface area contributed by atoms with Crippen molar-refractivity contribution in [2.24, 2.45) is 11.7 Å². The minimum absolute atomic E-state index is 0. The Morgan fingerprint density at radius 2 is 1.71 bits per heavy atom. The molecule has 24 heavy (non-hydrogen) atoms. The predicted molar refractivity (Wildman–Crippen MR) is 102 cm³/mol. The van der Waals surface area contributed by atoms with E-state index >= 15 is 0 Å². The lowest BCUT2D eigenvalue weighted by Crippen LogP contribution is -2.52. The predicted octanol–water partition coefficient (Wildman–Crippen LogP) is 2.04. The summed E-state index contributed by atoms with van der Waals surface area (Å²) in [5.41, 5.74) is 5.82. The summed E-state index contributed by atoms with van der Waals surface area (Å²) in [6, 6.07) is 9.76. The Kier molecular flexibility index (Phi) is 11.0. The number of amides is 1. The first kappa shape index (κ1) is 23.0. The molecule has 1 amide bonds. The van der Waals surface area contributed by atoms with Gasteiger partial charge in [0, 0.05) is 38.8 Å². The quantitative estimate of drug-likeness (QED) is 0.823. The summed E-state index contributed by atoms with van der Waals surface area (Å²) in [7, 11) is 0. The number of rotatable bonds is 6. The molecule has 1 aromatic carbocycles. The average Bonchev–Trinajstić information content (AvgIpc) is 2.55. The monoisotopic (exact) mass is 377 g/mol. The summed E-state index contributed by atoms with van der Waals surface area (Å²) in [6.45, 7) is 8.72. The largest absolute Gasteiger partial charge is 0.492 e. The van der Waals surface area contributed by atoms with Crippen LogP contribution in [0, 0.1) is 5.92 Å². The maximum absolute atomic E-state index is 12.2. The Bertz CT molecular complexity index is 466. The third-order valence-electron chi connectivity index (χ3n) is 4.28. The fraction of sp³-hybridized carbons (Fsp3) is 0.588. The van der Waals surface area contributed by atoms with E-state index in [1.165, 1.54) is 0 Å². The van der Waals surface area contributed by atoms with Gasteiger partial charge < -0.3 is 15.4 Å². The summed E-state index contributed by atoms with van der Waals surface area (Å²) in [5, 5.41) is 0. The van der Waals surface area contributed by atoms with E-state index in [1.54, 1.807) is 0 Å². The van der Waals surface area contributed by atoms with Gasteiger partial charge in [-0.05, 0) is 19.1 Å². The third-order valence-corrected chi connectivity index (χ3v) is 4.28. The van der Waals surface area contributed by atoms with Crippen LogP contribution in [-0.4, -0.2) is 61.1 Å². The van der Waals surface area contributed by atoms with Crippen molar-refractivity contribution in [1.29, 1.82) is 0 Å². The summed E-state index contributed by atoms with van der Waals surface area (Å²) >= 11 is 0. The van der Waals surface area contributed by atoms with Gasteiger partial charge in [-0.15, -0.1) is 24.8 Å². The summed E-state index contributed by atoms with van der Waals surface area (Å²) in [6.07, 6.45) is 0. The molecule has 7 heteroatoms. The number of nitrogens with two attached hydrogens (primary N) is 1. The topological polar surface area (TPSA) is 58.8 Å². The van der Waals surface area contributed by atoms with Crippen molar-refractivity contribution in [2.45, 2.75) is 19.9 Å². The molecule has 2 unspecified atom stereocenters. The molecular weight excluding hydrogens is 349 g/mol. The van der Waals surface area contributed by atoms with Crippen molar-refractivity contribution < 1.29 is 9.53 Å². The number of halogens is 2. The SMILES string of the molecule is CC(N)C(C)C(=O)N1CCN(CCOc2ccccc2)CC1.Cl.Cl. The molecule has 2 rings (SSSR count). The maximum Gasteiger partial charge on any atom is 0.227 e. The highest BCUT2D eigenvalue weighted by Gasteiger charge is 2.26. The normalized spacial score (nSPS) is 17.2. The lowest BCUT2D eigenvalue weighted by atomic mass is 10.0. The lowest BCUT2D eigenvalue weighted by molar-refractivity contribution is -0.137. The first-order chi connectivity index (χ1) is 10.6. The van der Waals surface area contributed by atoms with Gasteiger partial charge in [0.05, 0.1) is 5.92 Å². The molecule has 1 fully saturated rings. The molecule has 1 saturated heterocycles. The Labute approximate surface area is 157 Å². The average molecular weight is 378 g/mol. The van der Waals surface area contributed by atoms with Gasteiger partial charge in [-0.25, -0.2) is 0 Å². The summed E-state index contributed by atoms with van der Waals surface area (Å²) in [4.78, 5) is 16.5. The highest BCUT2D eigenvalue weighted by Crippen LogP contribution is 2.11. The van der Waals surface area contributed by atoms with Crippen molar-refractivity contribution in [3.8, 4) is 5.75 Å². The van der Waals surface area contributed by atoms with E-state index in [2.05, 4.69) is 4.90 Å². The minimum Gasteiger partial charge on any atom is -0.492 e. The number of ether oxygens (including phenoxy) is 1. The summed E-state index contributed by atoms with van der Waals surface area (Å²) in [5.74, 6) is 0.977. The van der Waals surface area contributed by atoms with E-state index in [-0.39, 0.29) is 42.7 Å². The van der Waals surface area contributed by atoms with Crippen LogP contribution in [-0.2, 0) is 4.79 Å². The molecule has 138 valence electrons. The van der Waals surface area contributed by atoms with Crippen LogP contribution in [0.3, 0.4) is 0 Å². The fourth-order valence-electron chi connectivity index (χ4n) is 2.51. The van der Waals surface area contributed by atoms with Crippen molar-refractivity contribution in [1.82, 2.24) is 9.80 Å². The van der Waals surface area contributed by atoms with E-state index in [1.807, 2.05) is 49.1 Å². The van der Waals surface area contributed by atoms with Gasteiger partial charge >= 0.3 is 0 Å². The number of piperazine rings is 1. The van der Waals surface area contributed by atoms with Crippen LogP contribution in [0.1, 0.15) is 13.8 Å². The van der Waals surface area contributed by atoms with Gasteiger partial charge in [-0.2, -0.15) is 0 Å². The first-order valence-electron chi connectivity index (χ1n) is 8.02. The van der Waals surface area contributed by atoms with Crippen molar-refractivity contribution in [3.05, 3.63) is 30.3 Å². The highest BCUT2D eigenvalue weighted by atomic mass is 35.5. The molecule has 2 atom stereocenters. The van der Waals surface area contributed by atoms with Crippen LogP contribution in [0.25, 0.3) is 0 Å². The Morgan fingerprint density at radius 1 is 1.12 bits per heavy atom. The number of carbonyl (C=O) groups excluding carboxylic acids is 1. The smallest absolute Gasteiger partial charge is 0.227 e. The molecule has 0 radical (unpaired) electrons. The number of benzene rings is 1. The zero-order valence-electron chi connectivity index (χ0n) is 14.4. The Balaban J connectivity index is 0.00000264. The van der Waals surface area contributed by atoms with Gasteiger partial charge in [-0.1, -0.05) is 25.1 Å². The first-order valence-corrected chi connectivity index (χ1v) is 8.02. The Hall–Kier alpha value is -1.01. The van der Waals surface area contributed by atoms with Crippen molar-refractivity contribution in [3.63, 3.8) is 0 Å². The molecule has 1 aliphatic rings. The zero-order chi connectivity index (χ0) is 15.9. The Morgan fingerprint density at radius 3 is 2.25 bits per heavy atom. The van der Waals surface area contributed by atoms with Gasteiger partial charge in [0.15, 0.2) is 0 Å². The number of hydrogen-bond donors (Lipinski definition) is 1. The van der Waals surface area contributed by atoms with Gasteiger partial charge in [0.25, 0.3) is 0 Å². The molecule has 0 bridgehead atoms.